The summed E-state index contributed by atoms with van der Waals surface area (Å²) in [5, 5.41) is 0. The van der Waals surface area contributed by atoms with E-state index in [2.05, 4.69) is 6.92 Å². The Kier molecular flexibility index (Phi) is 6.28. The summed E-state index contributed by atoms with van der Waals surface area (Å²) in [7, 11) is 5.09. The van der Waals surface area contributed by atoms with Gasteiger partial charge in [0.1, 0.15) is 11.5 Å². The molecule has 0 radical (unpaired) electrons. The quantitative estimate of drug-likeness (QED) is 0.808. The lowest BCUT2D eigenvalue weighted by atomic mass is 9.91. The first-order chi connectivity index (χ1) is 11.1. The molecule has 0 unspecified atom stereocenters. The Morgan fingerprint density at radius 3 is 2.78 bits per heavy atom. The van der Waals surface area contributed by atoms with Gasteiger partial charge in [-0.3, -0.25) is 4.79 Å². The Bertz CT molecular complexity index is 532. The molecule has 1 aromatic rings. The number of carbonyl (C=O) groups is 1. The number of rotatable bonds is 6. The second kappa shape index (κ2) is 8.20. The zero-order valence-corrected chi connectivity index (χ0v) is 14.5. The SMILES string of the molecule is CC[C@@H]1OCCC[C@@H]1C(=O)N(C)Cc1ccc(OC)cc1OC. The first-order valence-corrected chi connectivity index (χ1v) is 8.18. The van der Waals surface area contributed by atoms with E-state index in [-0.39, 0.29) is 17.9 Å². The number of nitrogens with zero attached hydrogens (tertiary/aromatic N) is 1. The van der Waals surface area contributed by atoms with Crippen molar-refractivity contribution >= 4 is 5.91 Å². The molecule has 2 rings (SSSR count). The Balaban J connectivity index is 2.08. The molecule has 5 heteroatoms. The molecule has 0 N–H and O–H groups in total. The Morgan fingerprint density at radius 1 is 1.35 bits per heavy atom. The van der Waals surface area contributed by atoms with Crippen LogP contribution in [0.5, 0.6) is 11.5 Å². The summed E-state index contributed by atoms with van der Waals surface area (Å²) >= 11 is 0. The fraction of sp³-hybridized carbons (Fsp3) is 0.611. The van der Waals surface area contributed by atoms with Gasteiger partial charge < -0.3 is 19.1 Å². The monoisotopic (exact) mass is 321 g/mol. The van der Waals surface area contributed by atoms with Crippen molar-refractivity contribution in [2.45, 2.75) is 38.8 Å². The summed E-state index contributed by atoms with van der Waals surface area (Å²) in [6.07, 6.45) is 2.76. The lowest BCUT2D eigenvalue weighted by molar-refractivity contribution is -0.144. The van der Waals surface area contributed by atoms with Crippen LogP contribution in [0.15, 0.2) is 18.2 Å². The summed E-state index contributed by atoms with van der Waals surface area (Å²) in [5.74, 6) is 1.58. The molecule has 1 amide bonds. The largest absolute Gasteiger partial charge is 0.497 e. The average Bonchev–Trinajstić information content (AvgIpc) is 2.61. The van der Waals surface area contributed by atoms with E-state index in [1.807, 2.05) is 25.2 Å². The fourth-order valence-corrected chi connectivity index (χ4v) is 3.12. The molecule has 23 heavy (non-hydrogen) atoms. The molecule has 0 aliphatic carbocycles. The highest BCUT2D eigenvalue weighted by molar-refractivity contribution is 5.79. The standard InChI is InChI=1S/C18H27NO4/c1-5-16-15(7-6-10-23-16)18(20)19(2)12-13-8-9-14(21-3)11-17(13)22-4/h8-9,11,15-16H,5-7,10,12H2,1-4H3/t15-,16-/m0/s1. The van der Waals surface area contributed by atoms with Crippen molar-refractivity contribution in [1.82, 2.24) is 4.90 Å². The van der Waals surface area contributed by atoms with Gasteiger partial charge in [0.15, 0.2) is 0 Å². The van der Waals surface area contributed by atoms with E-state index in [1.165, 1.54) is 0 Å². The van der Waals surface area contributed by atoms with Gasteiger partial charge in [-0.2, -0.15) is 0 Å². The number of carbonyl (C=O) groups excluding carboxylic acids is 1. The van der Waals surface area contributed by atoms with E-state index in [0.717, 1.165) is 42.9 Å². The first kappa shape index (κ1) is 17.6. The lowest BCUT2D eigenvalue weighted by Gasteiger charge is -2.33. The maximum absolute atomic E-state index is 12.8. The minimum Gasteiger partial charge on any atom is -0.497 e. The smallest absolute Gasteiger partial charge is 0.228 e. The average molecular weight is 321 g/mol. The molecule has 128 valence electrons. The number of amides is 1. The van der Waals surface area contributed by atoms with Crippen LogP contribution in [0.25, 0.3) is 0 Å². The van der Waals surface area contributed by atoms with Crippen LogP contribution in [0.4, 0.5) is 0 Å². The molecule has 0 spiro atoms. The van der Waals surface area contributed by atoms with Crippen LogP contribution in [0.2, 0.25) is 0 Å². The molecule has 1 heterocycles. The van der Waals surface area contributed by atoms with E-state index < -0.39 is 0 Å². The van der Waals surface area contributed by atoms with Crippen molar-refractivity contribution in [3.8, 4) is 11.5 Å². The first-order valence-electron chi connectivity index (χ1n) is 8.18. The second-order valence-electron chi connectivity index (χ2n) is 5.94. The van der Waals surface area contributed by atoms with Crippen LogP contribution in [0.1, 0.15) is 31.7 Å². The minimum atomic E-state index is -0.0389. The predicted octanol–water partition coefficient (Wildman–Crippen LogP) is 2.87. The second-order valence-corrected chi connectivity index (χ2v) is 5.94. The molecule has 0 bridgehead atoms. The number of ether oxygens (including phenoxy) is 3. The van der Waals surface area contributed by atoms with Crippen molar-refractivity contribution in [3.63, 3.8) is 0 Å². The van der Waals surface area contributed by atoms with Crippen molar-refractivity contribution in [3.05, 3.63) is 23.8 Å². The zero-order chi connectivity index (χ0) is 16.8. The van der Waals surface area contributed by atoms with E-state index in [4.69, 9.17) is 14.2 Å². The van der Waals surface area contributed by atoms with Gasteiger partial charge in [0.05, 0.1) is 26.2 Å². The maximum Gasteiger partial charge on any atom is 0.228 e. The maximum atomic E-state index is 12.8. The highest BCUT2D eigenvalue weighted by Crippen LogP contribution is 2.28. The van der Waals surface area contributed by atoms with Crippen LogP contribution in [0.3, 0.4) is 0 Å². The third-order valence-electron chi connectivity index (χ3n) is 4.44. The van der Waals surface area contributed by atoms with Crippen LogP contribution < -0.4 is 9.47 Å². The summed E-state index contributed by atoms with van der Waals surface area (Å²) in [6.45, 7) is 3.35. The van der Waals surface area contributed by atoms with Crippen molar-refractivity contribution in [2.24, 2.45) is 5.92 Å². The van der Waals surface area contributed by atoms with Crippen LogP contribution in [0, 0.1) is 5.92 Å². The molecule has 0 aromatic heterocycles. The Morgan fingerprint density at radius 2 is 2.13 bits per heavy atom. The molecule has 1 aromatic carbocycles. The van der Waals surface area contributed by atoms with Gasteiger partial charge in [0.25, 0.3) is 0 Å². The summed E-state index contributed by atoms with van der Waals surface area (Å²) in [4.78, 5) is 14.5. The van der Waals surface area contributed by atoms with Gasteiger partial charge in [0.2, 0.25) is 5.91 Å². The number of hydrogen-bond donors (Lipinski definition) is 0. The molecule has 1 aliphatic rings. The van der Waals surface area contributed by atoms with Crippen molar-refractivity contribution < 1.29 is 19.0 Å². The number of methoxy groups -OCH3 is 2. The molecule has 1 aliphatic heterocycles. The van der Waals surface area contributed by atoms with Crippen molar-refractivity contribution in [2.75, 3.05) is 27.9 Å². The van der Waals surface area contributed by atoms with E-state index in [1.54, 1.807) is 19.1 Å². The van der Waals surface area contributed by atoms with Gasteiger partial charge in [-0.25, -0.2) is 0 Å². The third kappa shape index (κ3) is 4.16. The molecule has 2 atom stereocenters. The topological polar surface area (TPSA) is 48.0 Å². The minimum absolute atomic E-state index is 0.0384. The highest BCUT2D eigenvalue weighted by atomic mass is 16.5. The Hall–Kier alpha value is -1.75. The van der Waals surface area contributed by atoms with Gasteiger partial charge in [-0.05, 0) is 31.4 Å². The van der Waals surface area contributed by atoms with Crippen molar-refractivity contribution in [1.29, 1.82) is 0 Å². The number of benzene rings is 1. The fourth-order valence-electron chi connectivity index (χ4n) is 3.12. The van der Waals surface area contributed by atoms with Crippen LogP contribution >= 0.6 is 0 Å². The predicted molar refractivity (Wildman–Crippen MR) is 88.8 cm³/mol. The highest BCUT2D eigenvalue weighted by Gasteiger charge is 2.32. The van der Waals surface area contributed by atoms with E-state index in [9.17, 15) is 4.79 Å². The van der Waals surface area contributed by atoms with Gasteiger partial charge in [0, 0.05) is 31.8 Å². The zero-order valence-electron chi connectivity index (χ0n) is 14.5. The van der Waals surface area contributed by atoms with Gasteiger partial charge in [-0.1, -0.05) is 6.92 Å². The van der Waals surface area contributed by atoms with E-state index in [0.29, 0.717) is 6.54 Å². The molecule has 1 saturated heterocycles. The molecular formula is C18H27NO4. The van der Waals surface area contributed by atoms with Crippen LogP contribution in [-0.2, 0) is 16.1 Å². The molecule has 0 saturated carbocycles. The number of hydrogen-bond acceptors (Lipinski definition) is 4. The lowest BCUT2D eigenvalue weighted by Crippen LogP contribution is -2.42. The third-order valence-corrected chi connectivity index (χ3v) is 4.44. The van der Waals surface area contributed by atoms with Gasteiger partial charge in [-0.15, -0.1) is 0 Å². The Labute approximate surface area is 138 Å². The molecule has 1 fully saturated rings. The molecular weight excluding hydrogens is 294 g/mol. The summed E-state index contributed by atoms with van der Waals surface area (Å²) < 4.78 is 16.4. The van der Waals surface area contributed by atoms with Crippen LogP contribution in [-0.4, -0.2) is 44.8 Å². The summed E-state index contributed by atoms with van der Waals surface area (Å²) in [6, 6.07) is 5.66. The molecule has 5 nitrogen and oxygen atoms in total. The van der Waals surface area contributed by atoms with Gasteiger partial charge >= 0.3 is 0 Å². The normalized spacial score (nSPS) is 20.9. The summed E-state index contributed by atoms with van der Waals surface area (Å²) in [5.41, 5.74) is 0.967. The van der Waals surface area contributed by atoms with E-state index >= 15 is 0 Å².